The van der Waals surface area contributed by atoms with Crippen LogP contribution in [0.25, 0.3) is 0 Å². The molecule has 0 spiro atoms. The number of hydrogen-bond acceptors (Lipinski definition) is 2. The second-order valence-corrected chi connectivity index (χ2v) is 6.01. The van der Waals surface area contributed by atoms with Gasteiger partial charge in [-0.1, -0.05) is 15.9 Å². The molecule has 0 aliphatic rings. The number of urea groups is 1. The largest absolute Gasteiger partial charge is 0.338 e. The summed E-state index contributed by atoms with van der Waals surface area (Å²) in [6.45, 7) is 0.856. The molecule has 2 amide bonds. The van der Waals surface area contributed by atoms with Crippen molar-refractivity contribution in [2.45, 2.75) is 13.0 Å². The Morgan fingerprint density at radius 2 is 2.27 bits per heavy atom. The van der Waals surface area contributed by atoms with Crippen LogP contribution in [-0.2, 0) is 20.0 Å². The summed E-state index contributed by atoms with van der Waals surface area (Å²) in [4.78, 5) is 13.5. The molecule has 2 rings (SSSR count). The molecule has 2 aromatic rings. The Kier molecular flexibility index (Phi) is 5.54. The van der Waals surface area contributed by atoms with Gasteiger partial charge in [0.2, 0.25) is 0 Å². The molecule has 0 aliphatic carbocycles. The summed E-state index contributed by atoms with van der Waals surface area (Å²) in [6.07, 6.45) is 4.03. The van der Waals surface area contributed by atoms with E-state index in [1.807, 2.05) is 13.2 Å². The molecule has 1 heterocycles. The van der Waals surface area contributed by atoms with Gasteiger partial charge in [0.1, 0.15) is 5.82 Å². The number of benzene rings is 1. The van der Waals surface area contributed by atoms with E-state index in [9.17, 15) is 9.18 Å². The molecule has 5 nitrogen and oxygen atoms in total. The molecule has 1 aromatic carbocycles. The lowest BCUT2D eigenvalue weighted by atomic mass is 10.1. The van der Waals surface area contributed by atoms with E-state index in [2.05, 4.69) is 26.3 Å². The molecule has 0 fully saturated rings. The minimum Gasteiger partial charge on any atom is -0.338 e. The highest BCUT2D eigenvalue weighted by molar-refractivity contribution is 9.10. The summed E-state index contributed by atoms with van der Waals surface area (Å²) in [6, 6.07) is 4.59. The molecular weight excluding hydrogens is 351 g/mol. The van der Waals surface area contributed by atoms with Crippen molar-refractivity contribution in [3.8, 4) is 0 Å². The van der Waals surface area contributed by atoms with Gasteiger partial charge >= 0.3 is 6.03 Å². The fourth-order valence-corrected chi connectivity index (χ4v) is 2.48. The van der Waals surface area contributed by atoms with E-state index in [-0.39, 0.29) is 11.8 Å². The number of aryl methyl sites for hydroxylation is 1. The van der Waals surface area contributed by atoms with E-state index in [0.717, 1.165) is 10.0 Å². The summed E-state index contributed by atoms with van der Waals surface area (Å²) in [7, 11) is 3.54. The highest BCUT2D eigenvalue weighted by atomic mass is 79.9. The Bertz CT molecular complexity index is 659. The number of hydrogen-bond donors (Lipinski definition) is 1. The first kappa shape index (κ1) is 16.5. The van der Waals surface area contributed by atoms with Crippen molar-refractivity contribution >= 4 is 22.0 Å². The van der Waals surface area contributed by atoms with Gasteiger partial charge < -0.3 is 10.2 Å². The SMILES string of the molecule is CN(Cc1cnn(C)c1)C(=O)NCCc1cc(Br)ccc1F. The van der Waals surface area contributed by atoms with E-state index >= 15 is 0 Å². The van der Waals surface area contributed by atoms with Gasteiger partial charge in [0.05, 0.1) is 12.7 Å². The van der Waals surface area contributed by atoms with Crippen LogP contribution < -0.4 is 5.32 Å². The molecular formula is C15H18BrFN4O. The van der Waals surface area contributed by atoms with Crippen molar-refractivity contribution in [1.29, 1.82) is 0 Å². The van der Waals surface area contributed by atoms with Crippen molar-refractivity contribution < 1.29 is 9.18 Å². The Morgan fingerprint density at radius 3 is 2.95 bits per heavy atom. The van der Waals surface area contributed by atoms with Gasteiger partial charge in [-0.3, -0.25) is 4.68 Å². The molecule has 0 bridgehead atoms. The van der Waals surface area contributed by atoms with Crippen molar-refractivity contribution in [1.82, 2.24) is 20.0 Å². The second-order valence-electron chi connectivity index (χ2n) is 5.10. The first-order chi connectivity index (χ1) is 10.5. The van der Waals surface area contributed by atoms with Gasteiger partial charge in [-0.2, -0.15) is 5.10 Å². The fraction of sp³-hybridized carbons (Fsp3) is 0.333. The fourth-order valence-electron chi connectivity index (χ4n) is 2.07. The van der Waals surface area contributed by atoms with Gasteiger partial charge in [-0.15, -0.1) is 0 Å². The van der Waals surface area contributed by atoms with Crippen molar-refractivity contribution in [2.24, 2.45) is 7.05 Å². The van der Waals surface area contributed by atoms with E-state index in [1.54, 1.807) is 35.0 Å². The smallest absolute Gasteiger partial charge is 0.317 e. The highest BCUT2D eigenvalue weighted by Gasteiger charge is 2.10. The molecule has 0 unspecified atom stereocenters. The van der Waals surface area contributed by atoms with Crippen molar-refractivity contribution in [3.63, 3.8) is 0 Å². The summed E-state index contributed by atoms with van der Waals surface area (Å²) in [5, 5.41) is 6.84. The number of halogens is 2. The van der Waals surface area contributed by atoms with Gasteiger partial charge in [-0.25, -0.2) is 9.18 Å². The van der Waals surface area contributed by atoms with Crippen LogP contribution in [0.5, 0.6) is 0 Å². The number of nitrogens with one attached hydrogen (secondary N) is 1. The van der Waals surface area contributed by atoms with Gasteiger partial charge in [-0.05, 0) is 30.2 Å². The number of rotatable bonds is 5. The molecule has 0 aliphatic heterocycles. The topological polar surface area (TPSA) is 50.2 Å². The first-order valence-corrected chi connectivity index (χ1v) is 7.65. The van der Waals surface area contributed by atoms with Crippen molar-refractivity contribution in [2.75, 3.05) is 13.6 Å². The van der Waals surface area contributed by atoms with Crippen LogP contribution in [0, 0.1) is 5.82 Å². The number of carbonyl (C=O) groups is 1. The molecule has 118 valence electrons. The van der Waals surface area contributed by atoms with Crippen LogP contribution in [0.1, 0.15) is 11.1 Å². The first-order valence-electron chi connectivity index (χ1n) is 6.86. The third-order valence-electron chi connectivity index (χ3n) is 3.20. The van der Waals surface area contributed by atoms with E-state index in [0.29, 0.717) is 25.1 Å². The average molecular weight is 369 g/mol. The molecule has 0 atom stereocenters. The third kappa shape index (κ3) is 4.56. The Labute approximate surface area is 137 Å². The minimum atomic E-state index is -0.263. The van der Waals surface area contributed by atoms with Crippen LogP contribution in [0.2, 0.25) is 0 Å². The van der Waals surface area contributed by atoms with Crippen molar-refractivity contribution in [3.05, 3.63) is 52.0 Å². The quantitative estimate of drug-likeness (QED) is 0.881. The monoisotopic (exact) mass is 368 g/mol. The lowest BCUT2D eigenvalue weighted by Crippen LogP contribution is -2.37. The molecule has 1 aromatic heterocycles. The molecule has 1 N–H and O–H groups in total. The van der Waals surface area contributed by atoms with Crippen LogP contribution in [0.4, 0.5) is 9.18 Å². The van der Waals surface area contributed by atoms with Gasteiger partial charge in [0, 0.05) is 36.9 Å². The Hall–Kier alpha value is -1.89. The summed E-state index contributed by atoms with van der Waals surface area (Å²) in [5.41, 5.74) is 1.53. The average Bonchev–Trinajstić information content (AvgIpc) is 2.87. The number of nitrogens with zero attached hydrogens (tertiary/aromatic N) is 3. The molecule has 7 heteroatoms. The van der Waals surface area contributed by atoms with Crippen LogP contribution in [-0.4, -0.2) is 34.3 Å². The predicted molar refractivity (Wildman–Crippen MR) is 85.9 cm³/mol. The van der Waals surface area contributed by atoms with Crippen LogP contribution >= 0.6 is 15.9 Å². The van der Waals surface area contributed by atoms with Gasteiger partial charge in [0.15, 0.2) is 0 Å². The summed E-state index contributed by atoms with van der Waals surface area (Å²) >= 11 is 3.31. The Morgan fingerprint density at radius 1 is 1.50 bits per heavy atom. The van der Waals surface area contributed by atoms with Crippen LogP contribution in [0.3, 0.4) is 0 Å². The van der Waals surface area contributed by atoms with E-state index in [1.165, 1.54) is 6.07 Å². The summed E-state index contributed by atoms with van der Waals surface area (Å²) in [5.74, 6) is -0.263. The number of aromatic nitrogens is 2. The standard InChI is InChI=1S/C15H18BrFN4O/c1-20(9-11-8-19-21(2)10-11)15(22)18-6-5-12-7-13(16)3-4-14(12)17/h3-4,7-8,10H,5-6,9H2,1-2H3,(H,18,22). The zero-order valence-electron chi connectivity index (χ0n) is 12.5. The molecule has 0 saturated carbocycles. The summed E-state index contributed by atoms with van der Waals surface area (Å²) < 4.78 is 16.1. The van der Waals surface area contributed by atoms with Gasteiger partial charge in [0.25, 0.3) is 0 Å². The maximum absolute atomic E-state index is 13.6. The highest BCUT2D eigenvalue weighted by Crippen LogP contribution is 2.15. The third-order valence-corrected chi connectivity index (χ3v) is 3.70. The molecule has 0 radical (unpaired) electrons. The zero-order valence-corrected chi connectivity index (χ0v) is 14.1. The lowest BCUT2D eigenvalue weighted by molar-refractivity contribution is 0.207. The van der Waals surface area contributed by atoms with Crippen LogP contribution in [0.15, 0.2) is 35.1 Å². The number of amides is 2. The lowest BCUT2D eigenvalue weighted by Gasteiger charge is -2.17. The molecule has 22 heavy (non-hydrogen) atoms. The normalized spacial score (nSPS) is 10.5. The minimum absolute atomic E-state index is 0.195. The number of carbonyl (C=O) groups excluding carboxylic acids is 1. The molecule has 0 saturated heterocycles. The predicted octanol–water partition coefficient (Wildman–Crippen LogP) is 2.71. The Balaban J connectivity index is 1.80. The van der Waals surface area contributed by atoms with E-state index in [4.69, 9.17) is 0 Å². The second kappa shape index (κ2) is 7.40. The maximum atomic E-state index is 13.6. The zero-order chi connectivity index (χ0) is 16.1. The maximum Gasteiger partial charge on any atom is 0.317 e. The van der Waals surface area contributed by atoms with E-state index < -0.39 is 0 Å².